The van der Waals surface area contributed by atoms with Crippen LogP contribution in [0.1, 0.15) is 13.8 Å². The topological polar surface area (TPSA) is 52.1 Å². The molecule has 2 N–H and O–H groups in total. The summed E-state index contributed by atoms with van der Waals surface area (Å²) in [4.78, 5) is 9.21. The Kier molecular flexibility index (Phi) is 13.5. The van der Waals surface area contributed by atoms with Crippen molar-refractivity contribution in [2.45, 2.75) is 13.8 Å². The molecule has 6 nitrogen and oxygen atoms in total. The van der Waals surface area contributed by atoms with Gasteiger partial charge >= 0.3 is 0 Å². The van der Waals surface area contributed by atoms with Crippen LogP contribution in [-0.4, -0.2) is 88.4 Å². The molecule has 126 valence electrons. The first kappa shape index (κ1) is 20.9. The summed E-state index contributed by atoms with van der Waals surface area (Å²) >= 11 is 0. The molecule has 0 unspecified atom stereocenters. The van der Waals surface area contributed by atoms with Gasteiger partial charge < -0.3 is 20.3 Å². The Hall–Kier alpha value is -0.120. The Bertz CT molecular complexity index is 270. The Morgan fingerprint density at radius 2 is 1.67 bits per heavy atom. The number of ether oxygens (including phenoxy) is 1. The van der Waals surface area contributed by atoms with E-state index in [4.69, 9.17) is 4.74 Å². The van der Waals surface area contributed by atoms with Crippen molar-refractivity contribution < 1.29 is 4.74 Å². The molecular weight excluding hydrogens is 381 g/mol. The van der Waals surface area contributed by atoms with Crippen molar-refractivity contribution in [1.29, 1.82) is 0 Å². The van der Waals surface area contributed by atoms with Gasteiger partial charge in [-0.05, 0) is 13.5 Å². The van der Waals surface area contributed by atoms with Crippen molar-refractivity contribution in [3.63, 3.8) is 0 Å². The Morgan fingerprint density at radius 1 is 1.05 bits per heavy atom. The van der Waals surface area contributed by atoms with E-state index in [2.05, 4.69) is 32.3 Å². The van der Waals surface area contributed by atoms with Crippen LogP contribution in [0.5, 0.6) is 0 Å². The van der Waals surface area contributed by atoms with E-state index in [0.29, 0.717) is 0 Å². The van der Waals surface area contributed by atoms with Crippen LogP contribution in [0.3, 0.4) is 0 Å². The van der Waals surface area contributed by atoms with Gasteiger partial charge in [0.1, 0.15) is 0 Å². The lowest BCUT2D eigenvalue weighted by atomic mass is 10.3. The number of guanidine groups is 1. The lowest BCUT2D eigenvalue weighted by Gasteiger charge is -2.34. The highest BCUT2D eigenvalue weighted by atomic mass is 127. The summed E-state index contributed by atoms with van der Waals surface area (Å²) in [6.07, 6.45) is 0. The van der Waals surface area contributed by atoms with Crippen molar-refractivity contribution in [2.24, 2.45) is 4.99 Å². The maximum Gasteiger partial charge on any atom is 0.191 e. The molecule has 1 fully saturated rings. The van der Waals surface area contributed by atoms with Gasteiger partial charge in [0.25, 0.3) is 0 Å². The highest BCUT2D eigenvalue weighted by molar-refractivity contribution is 14.0. The molecule has 1 heterocycles. The molecule has 0 radical (unpaired) electrons. The number of nitrogens with zero attached hydrogens (tertiary/aromatic N) is 3. The number of halogens is 1. The monoisotopic (exact) mass is 413 g/mol. The third-order valence-corrected chi connectivity index (χ3v) is 3.60. The predicted molar refractivity (Wildman–Crippen MR) is 99.8 cm³/mol. The van der Waals surface area contributed by atoms with Crippen LogP contribution in [0.4, 0.5) is 0 Å². The fourth-order valence-electron chi connectivity index (χ4n) is 2.27. The normalized spacial score (nSPS) is 17.4. The van der Waals surface area contributed by atoms with Crippen molar-refractivity contribution in [2.75, 3.05) is 72.6 Å². The Morgan fingerprint density at radius 3 is 2.24 bits per heavy atom. The van der Waals surface area contributed by atoms with Crippen LogP contribution in [-0.2, 0) is 4.74 Å². The molecule has 1 aliphatic rings. The third-order valence-electron chi connectivity index (χ3n) is 3.60. The predicted octanol–water partition coefficient (Wildman–Crippen LogP) is 0.443. The molecule has 0 aromatic heterocycles. The summed E-state index contributed by atoms with van der Waals surface area (Å²) < 4.78 is 5.29. The molecule has 0 atom stereocenters. The summed E-state index contributed by atoms with van der Waals surface area (Å²) in [5.41, 5.74) is 0. The largest absolute Gasteiger partial charge is 0.380 e. The van der Waals surface area contributed by atoms with Crippen molar-refractivity contribution in [3.8, 4) is 0 Å². The highest BCUT2D eigenvalue weighted by Gasteiger charge is 2.14. The molecule has 0 aromatic carbocycles. The fourth-order valence-corrected chi connectivity index (χ4v) is 2.27. The van der Waals surface area contributed by atoms with Gasteiger partial charge in [0.2, 0.25) is 0 Å². The molecule has 0 bridgehead atoms. The van der Waals surface area contributed by atoms with Gasteiger partial charge in [-0.1, -0.05) is 6.92 Å². The van der Waals surface area contributed by atoms with Gasteiger partial charge in [-0.25, -0.2) is 0 Å². The molecule has 0 aromatic rings. The van der Waals surface area contributed by atoms with Crippen LogP contribution in [0, 0.1) is 0 Å². The van der Waals surface area contributed by atoms with Crippen LogP contribution >= 0.6 is 24.0 Å². The van der Waals surface area contributed by atoms with Crippen LogP contribution in [0.2, 0.25) is 0 Å². The maximum atomic E-state index is 5.29. The zero-order valence-corrected chi connectivity index (χ0v) is 16.1. The number of hydrogen-bond acceptors (Lipinski definition) is 4. The molecule has 7 heteroatoms. The van der Waals surface area contributed by atoms with Crippen LogP contribution in [0.25, 0.3) is 0 Å². The number of nitrogens with one attached hydrogen (secondary N) is 2. The number of likely N-dealkylation sites (N-methyl/N-ethyl adjacent to an activating group) is 1. The number of hydrogen-bond donors (Lipinski definition) is 2. The van der Waals surface area contributed by atoms with Crippen molar-refractivity contribution in [1.82, 2.24) is 20.4 Å². The summed E-state index contributed by atoms with van der Waals surface area (Å²) in [5.74, 6) is 0.858. The number of piperazine rings is 1. The quantitative estimate of drug-likeness (QED) is 0.262. The molecular formula is C14H32IN5O. The first-order valence-electron chi connectivity index (χ1n) is 7.77. The zero-order chi connectivity index (χ0) is 14.6. The molecule has 0 aliphatic carbocycles. The SMILES string of the molecule is CCOCCNC(=NC)NCCN1CCN(CC)CC1.I. The van der Waals surface area contributed by atoms with Crippen molar-refractivity contribution >= 4 is 29.9 Å². The van der Waals surface area contributed by atoms with Gasteiger partial charge in [0.15, 0.2) is 5.96 Å². The molecule has 1 saturated heterocycles. The highest BCUT2D eigenvalue weighted by Crippen LogP contribution is 1.99. The van der Waals surface area contributed by atoms with Crippen LogP contribution < -0.4 is 10.6 Å². The van der Waals surface area contributed by atoms with Crippen LogP contribution in [0.15, 0.2) is 4.99 Å². The number of rotatable bonds is 8. The Balaban J connectivity index is 0.00000400. The second-order valence-corrected chi connectivity index (χ2v) is 4.90. The second kappa shape index (κ2) is 13.5. The van der Waals surface area contributed by atoms with E-state index in [-0.39, 0.29) is 24.0 Å². The summed E-state index contributed by atoms with van der Waals surface area (Å²) in [5, 5.41) is 6.59. The van der Waals surface area contributed by atoms with E-state index in [9.17, 15) is 0 Å². The molecule has 0 spiro atoms. The minimum Gasteiger partial charge on any atom is -0.380 e. The lowest BCUT2D eigenvalue weighted by molar-refractivity contribution is 0.139. The molecule has 1 aliphatic heterocycles. The third kappa shape index (κ3) is 9.49. The molecule has 1 rings (SSSR count). The standard InChI is InChI=1S/C14H31N5O.HI/c1-4-18-9-11-19(12-10-18)8-6-16-14(15-3)17-7-13-20-5-2;/h4-13H2,1-3H3,(H2,15,16,17);1H. The van der Waals surface area contributed by atoms with Gasteiger partial charge in [0, 0.05) is 59.5 Å². The minimum absolute atomic E-state index is 0. The van der Waals surface area contributed by atoms with Gasteiger partial charge in [0.05, 0.1) is 6.61 Å². The van der Waals surface area contributed by atoms with E-state index in [1.54, 1.807) is 7.05 Å². The average molecular weight is 413 g/mol. The van der Waals surface area contributed by atoms with Gasteiger partial charge in [-0.2, -0.15) is 0 Å². The summed E-state index contributed by atoms with van der Waals surface area (Å²) in [6, 6.07) is 0. The Labute approximate surface area is 146 Å². The zero-order valence-electron chi connectivity index (χ0n) is 13.7. The van der Waals surface area contributed by atoms with E-state index < -0.39 is 0 Å². The second-order valence-electron chi connectivity index (χ2n) is 4.90. The minimum atomic E-state index is 0. The van der Waals surface area contributed by atoms with E-state index in [0.717, 1.165) is 38.8 Å². The van der Waals surface area contributed by atoms with E-state index in [1.165, 1.54) is 32.7 Å². The smallest absolute Gasteiger partial charge is 0.191 e. The first-order valence-corrected chi connectivity index (χ1v) is 7.77. The maximum absolute atomic E-state index is 5.29. The lowest BCUT2D eigenvalue weighted by Crippen LogP contribution is -2.49. The van der Waals surface area contributed by atoms with E-state index >= 15 is 0 Å². The summed E-state index contributed by atoms with van der Waals surface area (Å²) in [6.45, 7) is 14.4. The fraction of sp³-hybridized carbons (Fsp3) is 0.929. The molecule has 21 heavy (non-hydrogen) atoms. The van der Waals surface area contributed by atoms with Crippen molar-refractivity contribution in [3.05, 3.63) is 0 Å². The molecule has 0 amide bonds. The van der Waals surface area contributed by atoms with E-state index in [1.807, 2.05) is 6.92 Å². The molecule has 0 saturated carbocycles. The first-order chi connectivity index (χ1) is 9.80. The number of aliphatic imine (C=N–C) groups is 1. The van der Waals surface area contributed by atoms with Gasteiger partial charge in [-0.3, -0.25) is 9.89 Å². The average Bonchev–Trinajstić information content (AvgIpc) is 2.50. The van der Waals surface area contributed by atoms with Gasteiger partial charge in [-0.15, -0.1) is 24.0 Å². The summed E-state index contributed by atoms with van der Waals surface area (Å²) in [7, 11) is 1.80.